The van der Waals surface area contributed by atoms with Gasteiger partial charge in [0.25, 0.3) is 0 Å². The molecule has 0 bridgehead atoms. The molecule has 0 spiro atoms. The third-order valence-electron chi connectivity index (χ3n) is 3.50. The minimum absolute atomic E-state index is 0.0181. The molecule has 0 aliphatic heterocycles. The standard InChI is InChI=1S/C16H23N3O2/c1-3-7-14(20-2)16-18-15(21-19-16)11-10-13(17)12-8-5-4-6-9-12/h4-6,8-9,13-14H,3,7,10-11,17H2,1-2H3. The molecule has 2 rings (SSSR count). The van der Waals surface area contributed by atoms with Crippen LogP contribution in [0.1, 0.15) is 55.6 Å². The maximum atomic E-state index is 6.17. The van der Waals surface area contributed by atoms with Crippen LogP contribution in [-0.4, -0.2) is 17.3 Å². The first-order valence-corrected chi connectivity index (χ1v) is 7.40. The van der Waals surface area contributed by atoms with Crippen LogP contribution in [0, 0.1) is 0 Å². The molecule has 2 unspecified atom stereocenters. The molecule has 1 heterocycles. The first-order chi connectivity index (χ1) is 10.2. The van der Waals surface area contributed by atoms with Gasteiger partial charge in [-0.25, -0.2) is 0 Å². The number of aromatic nitrogens is 2. The fraction of sp³-hybridized carbons (Fsp3) is 0.500. The number of hydrogen-bond donors (Lipinski definition) is 1. The number of rotatable bonds is 8. The van der Waals surface area contributed by atoms with Crippen molar-refractivity contribution < 1.29 is 9.26 Å². The van der Waals surface area contributed by atoms with E-state index < -0.39 is 0 Å². The van der Waals surface area contributed by atoms with Crippen molar-refractivity contribution in [2.24, 2.45) is 5.73 Å². The van der Waals surface area contributed by atoms with Crippen LogP contribution >= 0.6 is 0 Å². The second-order valence-corrected chi connectivity index (χ2v) is 5.12. The normalized spacial score (nSPS) is 14.0. The Morgan fingerprint density at radius 3 is 2.67 bits per heavy atom. The zero-order valence-electron chi connectivity index (χ0n) is 12.7. The van der Waals surface area contributed by atoms with Gasteiger partial charge in [0.05, 0.1) is 0 Å². The van der Waals surface area contributed by atoms with Gasteiger partial charge < -0.3 is 15.0 Å². The molecule has 5 nitrogen and oxygen atoms in total. The highest BCUT2D eigenvalue weighted by molar-refractivity contribution is 5.18. The van der Waals surface area contributed by atoms with Gasteiger partial charge in [-0.3, -0.25) is 0 Å². The first-order valence-electron chi connectivity index (χ1n) is 7.40. The molecule has 0 saturated heterocycles. The smallest absolute Gasteiger partial charge is 0.226 e. The van der Waals surface area contributed by atoms with Gasteiger partial charge in [-0.15, -0.1) is 0 Å². The van der Waals surface area contributed by atoms with Crippen molar-refractivity contribution in [1.82, 2.24) is 10.1 Å². The van der Waals surface area contributed by atoms with Gasteiger partial charge in [0, 0.05) is 19.6 Å². The second kappa shape index (κ2) is 7.90. The van der Waals surface area contributed by atoms with Crippen LogP contribution in [0.25, 0.3) is 0 Å². The number of nitrogens with two attached hydrogens (primary N) is 1. The summed E-state index contributed by atoms with van der Waals surface area (Å²) in [4.78, 5) is 4.41. The minimum Gasteiger partial charge on any atom is -0.373 e. The third kappa shape index (κ3) is 4.37. The van der Waals surface area contributed by atoms with Gasteiger partial charge in [0.1, 0.15) is 6.10 Å². The zero-order valence-corrected chi connectivity index (χ0v) is 12.7. The van der Waals surface area contributed by atoms with Crippen molar-refractivity contribution in [2.75, 3.05) is 7.11 Å². The molecule has 114 valence electrons. The lowest BCUT2D eigenvalue weighted by Gasteiger charge is -2.10. The molecule has 5 heteroatoms. The van der Waals surface area contributed by atoms with Crippen LogP contribution in [0.3, 0.4) is 0 Å². The largest absolute Gasteiger partial charge is 0.373 e. The van der Waals surface area contributed by atoms with Crippen LogP contribution in [0.5, 0.6) is 0 Å². The molecule has 0 aliphatic carbocycles. The molecule has 0 radical (unpaired) electrons. The van der Waals surface area contributed by atoms with Crippen molar-refractivity contribution >= 4 is 0 Å². The zero-order chi connectivity index (χ0) is 15.1. The average molecular weight is 289 g/mol. The summed E-state index contributed by atoms with van der Waals surface area (Å²) < 4.78 is 10.7. The maximum absolute atomic E-state index is 6.17. The second-order valence-electron chi connectivity index (χ2n) is 5.12. The van der Waals surface area contributed by atoms with Gasteiger partial charge in [0.15, 0.2) is 0 Å². The summed E-state index contributed by atoms with van der Waals surface area (Å²) in [5, 5.41) is 4.00. The molecule has 2 N–H and O–H groups in total. The van der Waals surface area contributed by atoms with Crippen LogP contribution in [0.2, 0.25) is 0 Å². The van der Waals surface area contributed by atoms with Crippen molar-refractivity contribution in [2.45, 2.75) is 44.8 Å². The van der Waals surface area contributed by atoms with E-state index >= 15 is 0 Å². The van der Waals surface area contributed by atoms with E-state index in [4.69, 9.17) is 15.0 Å². The first kappa shape index (κ1) is 15.7. The molecule has 0 amide bonds. The Bertz CT molecular complexity index is 527. The third-order valence-corrected chi connectivity index (χ3v) is 3.50. The van der Waals surface area contributed by atoms with E-state index in [1.165, 1.54) is 0 Å². The average Bonchev–Trinajstić information content (AvgIpc) is 3.00. The number of hydrogen-bond acceptors (Lipinski definition) is 5. The quantitative estimate of drug-likeness (QED) is 0.807. The van der Waals surface area contributed by atoms with Crippen molar-refractivity contribution in [3.05, 3.63) is 47.6 Å². The highest BCUT2D eigenvalue weighted by Gasteiger charge is 2.17. The van der Waals surface area contributed by atoms with Crippen LogP contribution in [-0.2, 0) is 11.2 Å². The fourth-order valence-electron chi connectivity index (χ4n) is 2.26. The molecule has 1 aromatic carbocycles. The Labute approximate surface area is 125 Å². The highest BCUT2D eigenvalue weighted by atomic mass is 16.5. The monoisotopic (exact) mass is 289 g/mol. The summed E-state index contributed by atoms with van der Waals surface area (Å²) in [6.45, 7) is 2.10. The Balaban J connectivity index is 1.91. The van der Waals surface area contributed by atoms with E-state index in [0.717, 1.165) is 24.8 Å². The lowest BCUT2D eigenvalue weighted by Crippen LogP contribution is -2.11. The number of ether oxygens (including phenoxy) is 1. The SMILES string of the molecule is CCCC(OC)c1noc(CCC(N)c2ccccc2)n1. The molecular formula is C16H23N3O2. The van der Waals surface area contributed by atoms with E-state index in [9.17, 15) is 0 Å². The van der Waals surface area contributed by atoms with Crippen LogP contribution in [0.15, 0.2) is 34.9 Å². The minimum atomic E-state index is -0.0877. The Morgan fingerprint density at radius 2 is 2.00 bits per heavy atom. The summed E-state index contributed by atoms with van der Waals surface area (Å²) >= 11 is 0. The topological polar surface area (TPSA) is 74.2 Å². The molecule has 0 fully saturated rings. The number of nitrogens with zero attached hydrogens (tertiary/aromatic N) is 2. The lowest BCUT2D eigenvalue weighted by atomic mass is 10.0. The number of methoxy groups -OCH3 is 1. The lowest BCUT2D eigenvalue weighted by molar-refractivity contribution is 0.0854. The van der Waals surface area contributed by atoms with Gasteiger partial charge in [-0.1, -0.05) is 48.8 Å². The van der Waals surface area contributed by atoms with Crippen LogP contribution in [0.4, 0.5) is 0 Å². The predicted molar refractivity (Wildman–Crippen MR) is 80.6 cm³/mol. The summed E-state index contributed by atoms with van der Waals surface area (Å²) in [6.07, 6.45) is 3.26. The molecule has 2 aromatic rings. The molecule has 0 aliphatic rings. The molecule has 0 saturated carbocycles. The van der Waals surface area contributed by atoms with Gasteiger partial charge >= 0.3 is 0 Å². The van der Waals surface area contributed by atoms with Gasteiger partial charge in [-0.05, 0) is 18.4 Å². The summed E-state index contributed by atoms with van der Waals surface area (Å²) in [6, 6.07) is 10.0. The van der Waals surface area contributed by atoms with Gasteiger partial charge in [-0.2, -0.15) is 4.98 Å². The van der Waals surface area contributed by atoms with Crippen LogP contribution < -0.4 is 5.73 Å². The van der Waals surface area contributed by atoms with Crippen molar-refractivity contribution in [3.63, 3.8) is 0 Å². The number of benzene rings is 1. The summed E-state index contributed by atoms with van der Waals surface area (Å²) in [5.74, 6) is 1.25. The molecule has 21 heavy (non-hydrogen) atoms. The van der Waals surface area contributed by atoms with E-state index in [1.807, 2.05) is 30.3 Å². The summed E-state index contributed by atoms with van der Waals surface area (Å²) in [7, 11) is 1.67. The fourth-order valence-corrected chi connectivity index (χ4v) is 2.26. The van der Waals surface area contributed by atoms with E-state index in [1.54, 1.807) is 7.11 Å². The van der Waals surface area contributed by atoms with Crippen molar-refractivity contribution in [3.8, 4) is 0 Å². The highest BCUT2D eigenvalue weighted by Crippen LogP contribution is 2.20. The van der Waals surface area contributed by atoms with E-state index in [2.05, 4.69) is 17.1 Å². The molecule has 1 aromatic heterocycles. The molecular weight excluding hydrogens is 266 g/mol. The Morgan fingerprint density at radius 1 is 1.24 bits per heavy atom. The number of aryl methyl sites for hydroxylation is 1. The summed E-state index contributed by atoms with van der Waals surface area (Å²) in [5.41, 5.74) is 7.29. The molecule has 2 atom stereocenters. The Kier molecular flexibility index (Phi) is 5.90. The van der Waals surface area contributed by atoms with E-state index in [-0.39, 0.29) is 12.1 Å². The predicted octanol–water partition coefficient (Wildman–Crippen LogP) is 3.19. The van der Waals surface area contributed by atoms with E-state index in [0.29, 0.717) is 18.1 Å². The van der Waals surface area contributed by atoms with Crippen molar-refractivity contribution in [1.29, 1.82) is 0 Å². The Hall–Kier alpha value is -1.72. The van der Waals surface area contributed by atoms with Gasteiger partial charge in [0.2, 0.25) is 11.7 Å². The maximum Gasteiger partial charge on any atom is 0.226 e.